The minimum atomic E-state index is -0.935. The molecule has 1 aliphatic rings. The standard InChI is InChI=1S/C25H19Cl2N5O2/c26-18-5-2-8-21(11-18)31-15-23(25(34)32(31)22-9-3-6-19(27)12-22)24(33)30-20-7-1-4-16(10-20)17-13-28-29-14-17/h1-14,23H,15H2,(H,28,29)(H,30,33). The first-order chi connectivity index (χ1) is 16.5. The maximum Gasteiger partial charge on any atom is 0.260 e. The van der Waals surface area contributed by atoms with Crippen LogP contribution in [-0.2, 0) is 9.59 Å². The van der Waals surface area contributed by atoms with Crippen molar-refractivity contribution in [2.24, 2.45) is 5.92 Å². The Labute approximate surface area is 205 Å². The number of amides is 2. The average Bonchev–Trinajstić information content (AvgIpc) is 3.48. The van der Waals surface area contributed by atoms with Gasteiger partial charge >= 0.3 is 0 Å². The molecule has 1 aromatic heterocycles. The van der Waals surface area contributed by atoms with Crippen molar-refractivity contribution in [1.29, 1.82) is 0 Å². The molecule has 3 aromatic carbocycles. The fourth-order valence-electron chi connectivity index (χ4n) is 3.94. The molecule has 1 fully saturated rings. The summed E-state index contributed by atoms with van der Waals surface area (Å²) in [5, 5.41) is 13.9. The summed E-state index contributed by atoms with van der Waals surface area (Å²) in [6.07, 6.45) is 3.47. The fourth-order valence-corrected chi connectivity index (χ4v) is 4.31. The smallest absolute Gasteiger partial charge is 0.260 e. The third-order valence-corrected chi connectivity index (χ3v) is 6.01. The van der Waals surface area contributed by atoms with Crippen LogP contribution in [0.5, 0.6) is 0 Å². The second-order valence-electron chi connectivity index (χ2n) is 7.80. The molecule has 4 aromatic rings. The number of aromatic nitrogens is 2. The summed E-state index contributed by atoms with van der Waals surface area (Å²) < 4.78 is 0. The lowest BCUT2D eigenvalue weighted by molar-refractivity contribution is -0.128. The van der Waals surface area contributed by atoms with Crippen LogP contribution in [-0.4, -0.2) is 28.6 Å². The topological polar surface area (TPSA) is 81.3 Å². The van der Waals surface area contributed by atoms with E-state index in [1.165, 1.54) is 5.01 Å². The van der Waals surface area contributed by atoms with E-state index < -0.39 is 11.8 Å². The van der Waals surface area contributed by atoms with Crippen LogP contribution in [0, 0.1) is 5.92 Å². The third-order valence-electron chi connectivity index (χ3n) is 5.54. The predicted molar refractivity (Wildman–Crippen MR) is 134 cm³/mol. The molecule has 2 heterocycles. The first-order valence-corrected chi connectivity index (χ1v) is 11.3. The summed E-state index contributed by atoms with van der Waals surface area (Å²) >= 11 is 12.4. The summed E-state index contributed by atoms with van der Waals surface area (Å²) in [6.45, 7) is 0.152. The van der Waals surface area contributed by atoms with E-state index in [4.69, 9.17) is 23.2 Å². The van der Waals surface area contributed by atoms with Crippen LogP contribution in [0.3, 0.4) is 0 Å². The molecule has 0 bridgehead atoms. The number of aromatic amines is 1. The molecule has 0 aliphatic carbocycles. The number of nitrogens with zero attached hydrogens (tertiary/aromatic N) is 3. The van der Waals surface area contributed by atoms with Gasteiger partial charge in [0.1, 0.15) is 5.92 Å². The maximum absolute atomic E-state index is 13.5. The van der Waals surface area contributed by atoms with Crippen molar-refractivity contribution in [2.45, 2.75) is 0 Å². The van der Waals surface area contributed by atoms with E-state index in [2.05, 4.69) is 15.5 Å². The van der Waals surface area contributed by atoms with Gasteiger partial charge in [-0.25, -0.2) is 5.01 Å². The predicted octanol–water partition coefficient (Wildman–Crippen LogP) is 5.41. The SMILES string of the molecule is O=C(Nc1cccc(-c2cn[nH]c2)c1)C1CN(c2cccc(Cl)c2)N(c2cccc(Cl)c2)C1=O. The van der Waals surface area contributed by atoms with Crippen molar-refractivity contribution in [3.05, 3.63) is 95.2 Å². The zero-order valence-electron chi connectivity index (χ0n) is 17.8. The molecule has 1 aliphatic heterocycles. The number of anilines is 3. The number of hydrazine groups is 1. The number of H-pyrrole nitrogens is 1. The Morgan fingerprint density at radius 2 is 1.65 bits per heavy atom. The van der Waals surface area contributed by atoms with Crippen molar-refractivity contribution in [3.8, 4) is 11.1 Å². The highest BCUT2D eigenvalue weighted by Gasteiger charge is 2.43. The lowest BCUT2D eigenvalue weighted by Crippen LogP contribution is -2.39. The molecule has 0 radical (unpaired) electrons. The van der Waals surface area contributed by atoms with E-state index in [-0.39, 0.29) is 12.5 Å². The largest absolute Gasteiger partial charge is 0.325 e. The van der Waals surface area contributed by atoms with Crippen molar-refractivity contribution < 1.29 is 9.59 Å². The minimum Gasteiger partial charge on any atom is -0.325 e. The molecule has 0 spiro atoms. The van der Waals surface area contributed by atoms with Crippen molar-refractivity contribution in [1.82, 2.24) is 10.2 Å². The third kappa shape index (κ3) is 4.35. The molecule has 7 nitrogen and oxygen atoms in total. The van der Waals surface area contributed by atoms with Crippen LogP contribution < -0.4 is 15.3 Å². The maximum atomic E-state index is 13.5. The van der Waals surface area contributed by atoms with Crippen LogP contribution in [0.1, 0.15) is 0 Å². The molecular weight excluding hydrogens is 473 g/mol. The van der Waals surface area contributed by atoms with Gasteiger partial charge in [0.25, 0.3) is 5.91 Å². The quantitative estimate of drug-likeness (QED) is 0.366. The highest BCUT2D eigenvalue weighted by Crippen LogP contribution is 2.33. The summed E-state index contributed by atoms with van der Waals surface area (Å²) in [5.41, 5.74) is 3.64. The van der Waals surface area contributed by atoms with Gasteiger partial charge in [-0.05, 0) is 54.1 Å². The van der Waals surface area contributed by atoms with Crippen LogP contribution in [0.4, 0.5) is 17.1 Å². The Kier molecular flexibility index (Phi) is 5.96. The molecule has 170 valence electrons. The van der Waals surface area contributed by atoms with Gasteiger partial charge in [0.05, 0.1) is 24.1 Å². The Morgan fingerprint density at radius 1 is 0.941 bits per heavy atom. The van der Waals surface area contributed by atoms with Crippen molar-refractivity contribution in [3.63, 3.8) is 0 Å². The van der Waals surface area contributed by atoms with Gasteiger partial charge < -0.3 is 5.32 Å². The van der Waals surface area contributed by atoms with Crippen LogP contribution in [0.25, 0.3) is 11.1 Å². The van der Waals surface area contributed by atoms with Crippen LogP contribution >= 0.6 is 23.2 Å². The molecule has 1 unspecified atom stereocenters. The molecular formula is C25H19Cl2N5O2. The zero-order valence-corrected chi connectivity index (χ0v) is 19.3. The van der Waals surface area contributed by atoms with Gasteiger partial charge in [-0.3, -0.25) is 19.7 Å². The van der Waals surface area contributed by atoms with E-state index >= 15 is 0 Å². The molecule has 0 saturated carbocycles. The van der Waals surface area contributed by atoms with Gasteiger partial charge in [-0.2, -0.15) is 5.10 Å². The highest BCUT2D eigenvalue weighted by atomic mass is 35.5. The summed E-state index contributed by atoms with van der Waals surface area (Å²) in [4.78, 5) is 26.8. The summed E-state index contributed by atoms with van der Waals surface area (Å²) in [6, 6.07) is 21.5. The fraction of sp³-hybridized carbons (Fsp3) is 0.0800. The first kappa shape index (κ1) is 22.0. The normalized spacial score (nSPS) is 15.6. The van der Waals surface area contributed by atoms with Gasteiger partial charge in [-0.1, -0.05) is 47.5 Å². The number of carbonyl (C=O) groups excluding carboxylic acids is 2. The van der Waals surface area contributed by atoms with E-state index in [9.17, 15) is 9.59 Å². The summed E-state index contributed by atoms with van der Waals surface area (Å²) in [7, 11) is 0. The van der Waals surface area contributed by atoms with E-state index in [1.807, 2.05) is 24.3 Å². The average molecular weight is 492 g/mol. The van der Waals surface area contributed by atoms with E-state index in [1.54, 1.807) is 65.9 Å². The minimum absolute atomic E-state index is 0.152. The Hall–Kier alpha value is -3.81. The number of carbonyl (C=O) groups is 2. The monoisotopic (exact) mass is 491 g/mol. The molecule has 9 heteroatoms. The number of halogens is 2. The highest BCUT2D eigenvalue weighted by molar-refractivity contribution is 6.31. The Morgan fingerprint density at radius 3 is 2.35 bits per heavy atom. The molecule has 2 amide bonds. The second kappa shape index (κ2) is 9.21. The molecule has 5 rings (SSSR count). The zero-order chi connectivity index (χ0) is 23.7. The molecule has 2 N–H and O–H groups in total. The lowest BCUT2D eigenvalue weighted by atomic mass is 10.1. The Balaban J connectivity index is 1.44. The van der Waals surface area contributed by atoms with Gasteiger partial charge in [0, 0.05) is 27.5 Å². The van der Waals surface area contributed by atoms with Crippen LogP contribution in [0.2, 0.25) is 10.0 Å². The summed E-state index contributed by atoms with van der Waals surface area (Å²) in [5.74, 6) is -1.69. The van der Waals surface area contributed by atoms with Gasteiger partial charge in [-0.15, -0.1) is 0 Å². The van der Waals surface area contributed by atoms with Crippen molar-refractivity contribution in [2.75, 3.05) is 21.9 Å². The number of hydrogen-bond donors (Lipinski definition) is 2. The molecule has 1 atom stereocenters. The number of nitrogens with one attached hydrogen (secondary N) is 2. The molecule has 34 heavy (non-hydrogen) atoms. The van der Waals surface area contributed by atoms with Gasteiger partial charge in [0.2, 0.25) is 5.91 Å². The molecule has 1 saturated heterocycles. The van der Waals surface area contributed by atoms with Crippen LogP contribution in [0.15, 0.2) is 85.2 Å². The first-order valence-electron chi connectivity index (χ1n) is 10.5. The number of rotatable bonds is 5. The second-order valence-corrected chi connectivity index (χ2v) is 8.67. The number of hydrogen-bond acceptors (Lipinski definition) is 4. The van der Waals surface area contributed by atoms with E-state index in [0.717, 1.165) is 11.1 Å². The van der Waals surface area contributed by atoms with Gasteiger partial charge in [0.15, 0.2) is 0 Å². The lowest BCUT2D eigenvalue weighted by Gasteiger charge is -2.29. The van der Waals surface area contributed by atoms with E-state index in [0.29, 0.717) is 27.1 Å². The number of benzene rings is 3. The Bertz CT molecular complexity index is 1360. The van der Waals surface area contributed by atoms with Crippen molar-refractivity contribution >= 4 is 52.1 Å².